The van der Waals surface area contributed by atoms with E-state index in [9.17, 15) is 14.4 Å². The van der Waals surface area contributed by atoms with E-state index in [2.05, 4.69) is 12.2 Å². The summed E-state index contributed by atoms with van der Waals surface area (Å²) in [6.45, 7) is 2.42. The van der Waals surface area contributed by atoms with E-state index in [1.807, 2.05) is 30.3 Å². The Bertz CT molecular complexity index is 1030. The summed E-state index contributed by atoms with van der Waals surface area (Å²) in [5, 5.41) is 4.72. The van der Waals surface area contributed by atoms with Crippen LogP contribution in [0.4, 0.5) is 10.5 Å². The van der Waals surface area contributed by atoms with E-state index in [4.69, 9.17) is 16.2 Å². The van der Waals surface area contributed by atoms with Gasteiger partial charge in [0.05, 0.1) is 25.4 Å². The Kier molecular flexibility index (Phi) is 6.68. The molecular formula is C23H29N5O4S. The Hall–Kier alpha value is -2.95. The van der Waals surface area contributed by atoms with E-state index in [0.717, 1.165) is 16.9 Å². The number of rotatable bonds is 8. The van der Waals surface area contributed by atoms with Crippen molar-refractivity contribution in [3.8, 4) is 0 Å². The molecule has 3 amide bonds. The number of hydrogen-bond donors (Lipinski definition) is 3. The maximum Gasteiger partial charge on any atom is 0.415 e. The lowest BCUT2D eigenvalue weighted by atomic mass is 10.0. The summed E-state index contributed by atoms with van der Waals surface area (Å²) >= 11 is 1.41. The number of ether oxygens (including phenoxy) is 1. The number of fused-ring (bicyclic) bond motifs is 1. The number of nitrogens with two attached hydrogens (primary N) is 2. The van der Waals surface area contributed by atoms with Crippen molar-refractivity contribution in [1.82, 2.24) is 10.2 Å². The van der Waals surface area contributed by atoms with Gasteiger partial charge in [0.1, 0.15) is 12.6 Å². The topological polar surface area (TPSA) is 131 Å². The highest BCUT2D eigenvalue weighted by molar-refractivity contribution is 7.10. The Balaban J connectivity index is 1.32. The minimum atomic E-state index is -0.538. The van der Waals surface area contributed by atoms with Crippen LogP contribution in [-0.4, -0.2) is 48.1 Å². The van der Waals surface area contributed by atoms with Crippen LogP contribution in [0.1, 0.15) is 30.2 Å². The van der Waals surface area contributed by atoms with Crippen LogP contribution in [-0.2, 0) is 27.5 Å². The lowest BCUT2D eigenvalue weighted by molar-refractivity contribution is -0.138. The van der Waals surface area contributed by atoms with Crippen molar-refractivity contribution in [2.75, 3.05) is 18.1 Å². The van der Waals surface area contributed by atoms with Gasteiger partial charge in [-0.15, -0.1) is 11.3 Å². The summed E-state index contributed by atoms with van der Waals surface area (Å²) < 4.78 is 5.37. The average Bonchev–Trinajstić information content (AvgIpc) is 3.14. The molecule has 2 aliphatic rings. The largest absolute Gasteiger partial charge is 0.444 e. The van der Waals surface area contributed by atoms with Crippen LogP contribution >= 0.6 is 11.3 Å². The highest BCUT2D eigenvalue weighted by atomic mass is 32.1. The lowest BCUT2D eigenvalue weighted by Gasteiger charge is -2.26. The molecule has 1 aliphatic carbocycles. The van der Waals surface area contributed by atoms with Crippen molar-refractivity contribution < 1.29 is 19.1 Å². The number of carbonyl (C=O) groups is 3. The number of nitrogens with zero attached hydrogens (tertiary/aromatic N) is 2. The highest BCUT2D eigenvalue weighted by Gasteiger charge is 2.64. The van der Waals surface area contributed by atoms with Gasteiger partial charge in [-0.2, -0.15) is 0 Å². The molecule has 1 aromatic carbocycles. The first-order valence-electron chi connectivity index (χ1n) is 10.9. The number of anilines is 1. The number of amides is 3. The molecule has 1 aliphatic heterocycles. The molecule has 2 heterocycles. The lowest BCUT2D eigenvalue weighted by Crippen LogP contribution is -2.49. The zero-order valence-electron chi connectivity index (χ0n) is 18.5. The first kappa shape index (κ1) is 23.2. The van der Waals surface area contributed by atoms with Gasteiger partial charge >= 0.3 is 6.09 Å². The van der Waals surface area contributed by atoms with Crippen molar-refractivity contribution in [1.29, 1.82) is 0 Å². The van der Waals surface area contributed by atoms with E-state index < -0.39 is 12.1 Å². The number of likely N-dealkylation sites (tertiary alicyclic amines) is 1. The summed E-state index contributed by atoms with van der Waals surface area (Å²) in [6.07, 6.45) is 1.04. The van der Waals surface area contributed by atoms with Crippen LogP contribution in [0.5, 0.6) is 0 Å². The molecule has 2 aromatic rings. The molecule has 0 unspecified atom stereocenters. The zero-order valence-corrected chi connectivity index (χ0v) is 19.3. The number of hydrogen-bond acceptors (Lipinski definition) is 7. The molecule has 1 saturated heterocycles. The number of thiophene rings is 1. The van der Waals surface area contributed by atoms with Gasteiger partial charge in [-0.1, -0.05) is 37.3 Å². The summed E-state index contributed by atoms with van der Waals surface area (Å²) in [5.74, 6) is -0.370. The smallest absolute Gasteiger partial charge is 0.415 e. The van der Waals surface area contributed by atoms with Gasteiger partial charge in [-0.05, 0) is 29.9 Å². The molecule has 0 spiro atoms. The summed E-state index contributed by atoms with van der Waals surface area (Å²) in [5.41, 5.74) is 12.9. The molecule has 1 saturated carbocycles. The molecule has 10 heteroatoms. The fraction of sp³-hybridized carbons (Fsp3) is 0.435. The number of nitrogens with one attached hydrogen (secondary N) is 1. The third kappa shape index (κ3) is 4.87. The van der Waals surface area contributed by atoms with Gasteiger partial charge in [0.25, 0.3) is 0 Å². The molecular weight excluding hydrogens is 442 g/mol. The fourth-order valence-electron chi connectivity index (χ4n) is 4.44. The second-order valence-corrected chi connectivity index (χ2v) is 9.73. The van der Waals surface area contributed by atoms with E-state index in [0.29, 0.717) is 18.7 Å². The normalized spacial score (nSPS) is 23.1. The van der Waals surface area contributed by atoms with Crippen LogP contribution in [0.2, 0.25) is 0 Å². The van der Waals surface area contributed by atoms with Gasteiger partial charge in [-0.25, -0.2) is 4.79 Å². The SMILES string of the molecule is C[C@@]12C[C@@H]1N(C(=O)CN)[C@H](C(=O)NCc1cc(N(CN)C(=O)OCc3ccccc3)cs1)C2. The Labute approximate surface area is 196 Å². The van der Waals surface area contributed by atoms with Gasteiger partial charge in [0.2, 0.25) is 11.8 Å². The predicted octanol–water partition coefficient (Wildman–Crippen LogP) is 1.76. The van der Waals surface area contributed by atoms with Crippen LogP contribution < -0.4 is 21.7 Å². The van der Waals surface area contributed by atoms with Gasteiger partial charge < -0.3 is 26.4 Å². The first-order chi connectivity index (χ1) is 15.9. The zero-order chi connectivity index (χ0) is 23.6. The van der Waals surface area contributed by atoms with Crippen molar-refractivity contribution in [3.05, 3.63) is 52.2 Å². The summed E-state index contributed by atoms with van der Waals surface area (Å²) in [4.78, 5) is 41.5. The Morgan fingerprint density at radius 2 is 2.00 bits per heavy atom. The van der Waals surface area contributed by atoms with E-state index in [1.54, 1.807) is 16.3 Å². The molecule has 3 atom stereocenters. The molecule has 33 heavy (non-hydrogen) atoms. The first-order valence-corrected chi connectivity index (χ1v) is 11.8. The Morgan fingerprint density at radius 1 is 1.24 bits per heavy atom. The molecule has 0 radical (unpaired) electrons. The highest BCUT2D eigenvalue weighted by Crippen LogP contribution is 2.59. The predicted molar refractivity (Wildman–Crippen MR) is 125 cm³/mol. The maximum atomic E-state index is 12.8. The van der Waals surface area contributed by atoms with Gasteiger partial charge in [0, 0.05) is 16.3 Å². The number of benzene rings is 1. The molecule has 5 N–H and O–H groups in total. The molecule has 9 nitrogen and oxygen atoms in total. The van der Waals surface area contributed by atoms with Crippen molar-refractivity contribution in [2.45, 2.75) is 45.0 Å². The summed E-state index contributed by atoms with van der Waals surface area (Å²) in [7, 11) is 0. The Morgan fingerprint density at radius 3 is 2.70 bits per heavy atom. The third-order valence-corrected chi connectivity index (χ3v) is 7.32. The van der Waals surface area contributed by atoms with Crippen LogP contribution in [0.25, 0.3) is 0 Å². The monoisotopic (exact) mass is 471 g/mol. The fourth-order valence-corrected chi connectivity index (χ4v) is 5.26. The second kappa shape index (κ2) is 9.50. The number of piperidine rings is 1. The number of carbonyl (C=O) groups excluding carboxylic acids is 3. The van der Waals surface area contributed by atoms with E-state index in [-0.39, 0.29) is 43.1 Å². The van der Waals surface area contributed by atoms with Crippen LogP contribution in [0.3, 0.4) is 0 Å². The molecule has 2 fully saturated rings. The van der Waals surface area contributed by atoms with E-state index in [1.165, 1.54) is 16.2 Å². The second-order valence-electron chi connectivity index (χ2n) is 8.74. The van der Waals surface area contributed by atoms with Crippen molar-refractivity contribution >= 4 is 34.9 Å². The third-order valence-electron chi connectivity index (χ3n) is 6.40. The molecule has 176 valence electrons. The van der Waals surface area contributed by atoms with Gasteiger partial charge in [0.15, 0.2) is 0 Å². The molecule has 1 aromatic heterocycles. The van der Waals surface area contributed by atoms with E-state index >= 15 is 0 Å². The van der Waals surface area contributed by atoms with Gasteiger partial charge in [-0.3, -0.25) is 14.5 Å². The average molecular weight is 472 g/mol. The molecule has 0 bridgehead atoms. The molecule has 4 rings (SSSR count). The standard InChI is InChI=1S/C23H29N5O4S/c1-23-8-18(28(19(23)9-23)20(29)10-24)21(30)26-11-17-7-16(13-33-17)27(14-25)22(31)32-12-15-5-3-2-4-6-15/h2-7,13,18-19H,8-12,14,24-25H2,1H3,(H,26,30)/t18-,19-,23+/m0/s1. The summed E-state index contributed by atoms with van der Waals surface area (Å²) in [6, 6.07) is 10.8. The minimum Gasteiger partial charge on any atom is -0.444 e. The van der Waals surface area contributed by atoms with Crippen molar-refractivity contribution in [3.63, 3.8) is 0 Å². The maximum absolute atomic E-state index is 12.8. The van der Waals surface area contributed by atoms with Crippen molar-refractivity contribution in [2.24, 2.45) is 16.9 Å². The minimum absolute atomic E-state index is 0.0185. The van der Waals surface area contributed by atoms with Crippen LogP contribution in [0, 0.1) is 5.41 Å². The quantitative estimate of drug-likeness (QED) is 0.503. The van der Waals surface area contributed by atoms with Crippen LogP contribution in [0.15, 0.2) is 41.8 Å².